The zero-order valence-corrected chi connectivity index (χ0v) is 20.0. The summed E-state index contributed by atoms with van der Waals surface area (Å²) in [4.78, 5) is 39.0. The first-order valence-corrected chi connectivity index (χ1v) is 10.8. The first-order valence-electron chi connectivity index (χ1n) is 10.8. The largest absolute Gasteiger partial charge is 0.511 e. The van der Waals surface area contributed by atoms with Gasteiger partial charge in [0.05, 0.1) is 10.8 Å². The van der Waals surface area contributed by atoms with Crippen molar-refractivity contribution in [2.45, 2.75) is 67.7 Å². The number of aromatic hydroxyl groups is 3. The standard InChI is InChI=1S/C25H34O7/c1-11(2)9-13(17-21(30)24(5,6)23(32)25(7,8)22(17)31)16-14(26)10-15(27)18(20(16)29)19(28)12(3)4/h10-13,26-27,29-30H,9H2,1-8H3. The number of allylic oxidation sites excluding steroid dienone is 2. The summed E-state index contributed by atoms with van der Waals surface area (Å²) in [5.41, 5.74) is -3.34. The molecule has 1 aromatic rings. The predicted molar refractivity (Wildman–Crippen MR) is 120 cm³/mol. The highest BCUT2D eigenvalue weighted by Crippen LogP contribution is 2.52. The van der Waals surface area contributed by atoms with Crippen LogP contribution in [0.5, 0.6) is 17.2 Å². The molecule has 0 heterocycles. The van der Waals surface area contributed by atoms with E-state index in [4.69, 9.17) is 0 Å². The lowest BCUT2D eigenvalue weighted by atomic mass is 9.60. The highest BCUT2D eigenvalue weighted by molar-refractivity contribution is 6.19. The number of aliphatic hydroxyl groups excluding tert-OH is 1. The summed E-state index contributed by atoms with van der Waals surface area (Å²) in [6.07, 6.45) is 0.229. The second-order valence-corrected chi connectivity index (χ2v) is 10.4. The highest BCUT2D eigenvalue weighted by Gasteiger charge is 2.55. The number of ketones is 3. The molecule has 1 aliphatic carbocycles. The number of phenolic OH excluding ortho intramolecular Hbond substituents is 3. The number of hydrogen-bond acceptors (Lipinski definition) is 7. The maximum atomic E-state index is 13.5. The zero-order chi connectivity index (χ0) is 24.9. The lowest BCUT2D eigenvalue weighted by molar-refractivity contribution is -0.144. The summed E-state index contributed by atoms with van der Waals surface area (Å²) in [5, 5.41) is 43.1. The van der Waals surface area contributed by atoms with Crippen LogP contribution in [0.15, 0.2) is 17.4 Å². The van der Waals surface area contributed by atoms with Crippen molar-refractivity contribution in [1.29, 1.82) is 0 Å². The van der Waals surface area contributed by atoms with Crippen LogP contribution in [0.4, 0.5) is 0 Å². The van der Waals surface area contributed by atoms with Crippen LogP contribution in [0, 0.1) is 22.7 Å². The smallest absolute Gasteiger partial charge is 0.175 e. The Morgan fingerprint density at radius 3 is 1.91 bits per heavy atom. The second kappa shape index (κ2) is 8.26. The SMILES string of the molecule is CC(C)CC(C1=C(O)C(C)(C)C(=O)C(C)(C)C1=O)c1c(O)cc(O)c(C(=O)C(C)C)c1O. The summed E-state index contributed by atoms with van der Waals surface area (Å²) in [6.45, 7) is 13.0. The molecular weight excluding hydrogens is 412 g/mol. The van der Waals surface area contributed by atoms with Crippen molar-refractivity contribution >= 4 is 17.3 Å². The van der Waals surface area contributed by atoms with E-state index in [9.17, 15) is 34.8 Å². The van der Waals surface area contributed by atoms with Crippen LogP contribution in [-0.2, 0) is 9.59 Å². The molecule has 0 bridgehead atoms. The molecule has 0 amide bonds. The van der Waals surface area contributed by atoms with E-state index in [0.717, 1.165) is 6.07 Å². The van der Waals surface area contributed by atoms with Gasteiger partial charge in [-0.1, -0.05) is 27.7 Å². The monoisotopic (exact) mass is 446 g/mol. The number of carbonyl (C=O) groups excluding carboxylic acids is 3. The lowest BCUT2D eigenvalue weighted by Crippen LogP contribution is -2.49. The van der Waals surface area contributed by atoms with Gasteiger partial charge in [0.2, 0.25) is 0 Å². The van der Waals surface area contributed by atoms with Gasteiger partial charge in [0.15, 0.2) is 17.3 Å². The number of Topliss-reactive ketones (excluding diaryl/α,β-unsaturated/α-hetero) is 3. The summed E-state index contributed by atoms with van der Waals surface area (Å²) >= 11 is 0. The Hall–Kier alpha value is -2.83. The molecule has 0 saturated heterocycles. The molecule has 2 rings (SSSR count). The number of carbonyl (C=O) groups is 3. The molecular formula is C25H34O7. The summed E-state index contributed by atoms with van der Waals surface area (Å²) in [7, 11) is 0. The molecule has 0 aliphatic heterocycles. The minimum Gasteiger partial charge on any atom is -0.511 e. The summed E-state index contributed by atoms with van der Waals surface area (Å²) < 4.78 is 0. The number of hydrogen-bond donors (Lipinski definition) is 4. The van der Waals surface area contributed by atoms with E-state index in [1.54, 1.807) is 13.8 Å². The van der Waals surface area contributed by atoms with Crippen molar-refractivity contribution in [3.05, 3.63) is 28.5 Å². The molecule has 0 fully saturated rings. The van der Waals surface area contributed by atoms with Crippen molar-refractivity contribution in [3.8, 4) is 17.2 Å². The van der Waals surface area contributed by atoms with Gasteiger partial charge in [0.1, 0.15) is 28.6 Å². The second-order valence-electron chi connectivity index (χ2n) is 10.4. The quantitative estimate of drug-likeness (QED) is 0.365. The molecule has 1 unspecified atom stereocenters. The molecule has 32 heavy (non-hydrogen) atoms. The lowest BCUT2D eigenvalue weighted by Gasteiger charge is -2.41. The maximum absolute atomic E-state index is 13.5. The molecule has 0 aromatic heterocycles. The van der Waals surface area contributed by atoms with Gasteiger partial charge in [0.25, 0.3) is 0 Å². The average molecular weight is 447 g/mol. The fraction of sp³-hybridized carbons (Fsp3) is 0.560. The third-order valence-electron chi connectivity index (χ3n) is 6.27. The Kier molecular flexibility index (Phi) is 6.57. The molecule has 0 spiro atoms. The van der Waals surface area contributed by atoms with E-state index in [1.165, 1.54) is 27.7 Å². The number of phenols is 3. The molecule has 7 heteroatoms. The van der Waals surface area contributed by atoms with Gasteiger partial charge in [-0.2, -0.15) is 0 Å². The molecule has 1 aliphatic rings. The molecule has 0 saturated carbocycles. The van der Waals surface area contributed by atoms with E-state index in [0.29, 0.717) is 0 Å². The van der Waals surface area contributed by atoms with Crippen LogP contribution in [0.2, 0.25) is 0 Å². The van der Waals surface area contributed by atoms with Gasteiger partial charge in [-0.25, -0.2) is 0 Å². The van der Waals surface area contributed by atoms with E-state index in [-0.39, 0.29) is 29.0 Å². The van der Waals surface area contributed by atoms with Gasteiger partial charge < -0.3 is 20.4 Å². The van der Waals surface area contributed by atoms with E-state index >= 15 is 0 Å². The van der Waals surface area contributed by atoms with Crippen molar-refractivity contribution < 1.29 is 34.8 Å². The van der Waals surface area contributed by atoms with Crippen molar-refractivity contribution in [1.82, 2.24) is 0 Å². The van der Waals surface area contributed by atoms with Crippen LogP contribution in [0.1, 0.15) is 83.7 Å². The minimum absolute atomic E-state index is 0.0474. The number of benzene rings is 1. The van der Waals surface area contributed by atoms with Gasteiger partial charge >= 0.3 is 0 Å². The molecule has 176 valence electrons. The summed E-state index contributed by atoms with van der Waals surface area (Å²) in [6, 6.07) is 0.963. The van der Waals surface area contributed by atoms with Crippen LogP contribution in [0.3, 0.4) is 0 Å². The first kappa shape index (κ1) is 25.4. The Morgan fingerprint density at radius 1 is 0.906 bits per heavy atom. The Balaban J connectivity index is 2.95. The van der Waals surface area contributed by atoms with Crippen LogP contribution >= 0.6 is 0 Å². The van der Waals surface area contributed by atoms with Crippen LogP contribution in [0.25, 0.3) is 0 Å². The van der Waals surface area contributed by atoms with E-state index in [2.05, 4.69) is 0 Å². The zero-order valence-electron chi connectivity index (χ0n) is 20.0. The Morgan fingerprint density at radius 2 is 1.44 bits per heavy atom. The summed E-state index contributed by atoms with van der Waals surface area (Å²) in [5.74, 6) is -5.30. The Labute approximate surface area is 188 Å². The Bertz CT molecular complexity index is 1010. The van der Waals surface area contributed by atoms with Crippen LogP contribution < -0.4 is 0 Å². The molecule has 0 radical (unpaired) electrons. The molecule has 1 atom stereocenters. The fourth-order valence-electron chi connectivity index (χ4n) is 4.48. The first-order chi connectivity index (χ1) is 14.5. The van der Waals surface area contributed by atoms with Crippen molar-refractivity contribution in [2.75, 3.05) is 0 Å². The topological polar surface area (TPSA) is 132 Å². The van der Waals surface area contributed by atoms with Gasteiger partial charge in [-0.05, 0) is 40.0 Å². The molecule has 4 N–H and O–H groups in total. The normalized spacial score (nSPS) is 19.1. The predicted octanol–water partition coefficient (Wildman–Crippen LogP) is 4.79. The highest BCUT2D eigenvalue weighted by atomic mass is 16.3. The fourth-order valence-corrected chi connectivity index (χ4v) is 4.48. The van der Waals surface area contributed by atoms with Crippen molar-refractivity contribution in [3.63, 3.8) is 0 Å². The maximum Gasteiger partial charge on any atom is 0.175 e. The molecule has 1 aromatic carbocycles. The average Bonchev–Trinajstić information content (AvgIpc) is 2.65. The van der Waals surface area contributed by atoms with Gasteiger partial charge in [-0.3, -0.25) is 14.4 Å². The van der Waals surface area contributed by atoms with E-state index in [1.807, 2.05) is 13.8 Å². The number of aliphatic hydroxyl groups is 1. The molecule has 7 nitrogen and oxygen atoms in total. The number of rotatable bonds is 6. The third-order valence-corrected chi connectivity index (χ3v) is 6.27. The van der Waals surface area contributed by atoms with Gasteiger partial charge in [0, 0.05) is 29.0 Å². The third kappa shape index (κ3) is 3.89. The van der Waals surface area contributed by atoms with Crippen LogP contribution in [-0.4, -0.2) is 37.8 Å². The van der Waals surface area contributed by atoms with E-state index < -0.39 is 63.0 Å². The minimum atomic E-state index is -1.43. The van der Waals surface area contributed by atoms with Gasteiger partial charge in [-0.15, -0.1) is 0 Å². The van der Waals surface area contributed by atoms with Crippen molar-refractivity contribution in [2.24, 2.45) is 22.7 Å².